The van der Waals surface area contributed by atoms with Gasteiger partial charge in [0.1, 0.15) is 10.8 Å². The van der Waals surface area contributed by atoms with Gasteiger partial charge in [0.15, 0.2) is 0 Å². The molecule has 1 amide bonds. The SMILES string of the molecule is Cc1noc(C)c1[C@H](C)C(=O)N(C)[C@@H](C)c1nc2ccccc2s1. The molecule has 0 aliphatic carbocycles. The highest BCUT2D eigenvalue weighted by molar-refractivity contribution is 7.18. The second-order valence-corrected chi connectivity index (χ2v) is 7.17. The predicted molar refractivity (Wildman–Crippen MR) is 95.2 cm³/mol. The van der Waals surface area contributed by atoms with Gasteiger partial charge in [0.25, 0.3) is 0 Å². The molecule has 0 saturated heterocycles. The molecule has 1 aromatic carbocycles. The predicted octanol–water partition coefficient (Wildman–Crippen LogP) is 4.22. The van der Waals surface area contributed by atoms with Crippen LogP contribution < -0.4 is 0 Å². The molecular formula is C18H21N3O2S. The number of para-hydroxylation sites is 1. The zero-order valence-electron chi connectivity index (χ0n) is 14.5. The van der Waals surface area contributed by atoms with Crippen molar-refractivity contribution in [2.24, 2.45) is 0 Å². The topological polar surface area (TPSA) is 59.2 Å². The summed E-state index contributed by atoms with van der Waals surface area (Å²) in [6, 6.07) is 7.94. The molecule has 0 unspecified atom stereocenters. The Hall–Kier alpha value is -2.21. The average molecular weight is 343 g/mol. The maximum absolute atomic E-state index is 12.9. The number of rotatable bonds is 4. The molecule has 0 aliphatic heterocycles. The summed E-state index contributed by atoms with van der Waals surface area (Å²) in [6.45, 7) is 7.62. The van der Waals surface area contributed by atoms with E-state index >= 15 is 0 Å². The Bertz CT molecular complexity index is 831. The van der Waals surface area contributed by atoms with Crippen molar-refractivity contribution < 1.29 is 9.32 Å². The number of hydrogen-bond donors (Lipinski definition) is 0. The smallest absolute Gasteiger partial charge is 0.230 e. The third kappa shape index (κ3) is 2.82. The monoisotopic (exact) mass is 343 g/mol. The minimum atomic E-state index is -0.293. The molecule has 3 rings (SSSR count). The van der Waals surface area contributed by atoms with Gasteiger partial charge in [-0.25, -0.2) is 4.98 Å². The number of fused-ring (bicyclic) bond motifs is 1. The normalized spacial score (nSPS) is 13.9. The highest BCUT2D eigenvalue weighted by atomic mass is 32.1. The molecule has 0 saturated carbocycles. The van der Waals surface area contributed by atoms with Crippen molar-refractivity contribution in [3.63, 3.8) is 0 Å². The van der Waals surface area contributed by atoms with E-state index in [4.69, 9.17) is 4.52 Å². The Kier molecular flexibility index (Phi) is 4.41. The second kappa shape index (κ2) is 6.36. The number of nitrogens with zero attached hydrogens (tertiary/aromatic N) is 3. The molecule has 0 spiro atoms. The first-order valence-electron chi connectivity index (χ1n) is 7.95. The molecule has 2 atom stereocenters. The quantitative estimate of drug-likeness (QED) is 0.711. The molecule has 126 valence electrons. The number of aryl methyl sites for hydroxylation is 2. The number of carbonyl (C=O) groups excluding carboxylic acids is 1. The highest BCUT2D eigenvalue weighted by Crippen LogP contribution is 2.31. The zero-order valence-corrected chi connectivity index (χ0v) is 15.3. The number of amides is 1. The van der Waals surface area contributed by atoms with Crippen LogP contribution in [0.25, 0.3) is 10.2 Å². The van der Waals surface area contributed by atoms with E-state index in [1.165, 1.54) is 0 Å². The lowest BCUT2D eigenvalue weighted by Crippen LogP contribution is -2.33. The third-order valence-corrected chi connectivity index (χ3v) is 5.70. The Morgan fingerprint density at radius 2 is 1.96 bits per heavy atom. The first-order valence-corrected chi connectivity index (χ1v) is 8.76. The molecule has 2 heterocycles. The van der Waals surface area contributed by atoms with E-state index < -0.39 is 0 Å². The largest absolute Gasteiger partial charge is 0.361 e. The molecule has 0 aliphatic rings. The van der Waals surface area contributed by atoms with Crippen molar-refractivity contribution in [1.82, 2.24) is 15.0 Å². The van der Waals surface area contributed by atoms with Gasteiger partial charge >= 0.3 is 0 Å². The molecule has 24 heavy (non-hydrogen) atoms. The highest BCUT2D eigenvalue weighted by Gasteiger charge is 2.29. The summed E-state index contributed by atoms with van der Waals surface area (Å²) < 4.78 is 6.34. The fourth-order valence-corrected chi connectivity index (χ4v) is 4.03. The van der Waals surface area contributed by atoms with Crippen molar-refractivity contribution in [3.05, 3.63) is 46.3 Å². The van der Waals surface area contributed by atoms with Crippen LogP contribution in [0.1, 0.15) is 47.8 Å². The van der Waals surface area contributed by atoms with E-state index in [9.17, 15) is 4.79 Å². The molecule has 0 fully saturated rings. The minimum Gasteiger partial charge on any atom is -0.361 e. The number of thiazole rings is 1. The lowest BCUT2D eigenvalue weighted by atomic mass is 9.97. The third-order valence-electron chi connectivity index (χ3n) is 4.49. The summed E-state index contributed by atoms with van der Waals surface area (Å²) >= 11 is 1.63. The van der Waals surface area contributed by atoms with Gasteiger partial charge in [0.2, 0.25) is 5.91 Å². The first kappa shape index (κ1) is 16.6. The van der Waals surface area contributed by atoms with Crippen molar-refractivity contribution in [2.75, 3.05) is 7.05 Å². The van der Waals surface area contributed by atoms with Gasteiger partial charge < -0.3 is 9.42 Å². The van der Waals surface area contributed by atoms with Gasteiger partial charge in [-0.1, -0.05) is 17.3 Å². The van der Waals surface area contributed by atoms with Crippen LogP contribution in [-0.4, -0.2) is 28.0 Å². The fraction of sp³-hybridized carbons (Fsp3) is 0.389. The van der Waals surface area contributed by atoms with Crippen molar-refractivity contribution in [3.8, 4) is 0 Å². The Morgan fingerprint density at radius 3 is 2.58 bits per heavy atom. The molecule has 0 N–H and O–H groups in total. The van der Waals surface area contributed by atoms with Crippen LogP contribution in [0.4, 0.5) is 0 Å². The van der Waals surface area contributed by atoms with E-state index in [0.717, 1.165) is 26.5 Å². The molecule has 0 bridgehead atoms. The van der Waals surface area contributed by atoms with Crippen LogP contribution in [0.15, 0.2) is 28.8 Å². The van der Waals surface area contributed by atoms with Crippen LogP contribution in [0.2, 0.25) is 0 Å². The van der Waals surface area contributed by atoms with Crippen LogP contribution in [-0.2, 0) is 4.79 Å². The zero-order chi connectivity index (χ0) is 17.4. The van der Waals surface area contributed by atoms with Gasteiger partial charge in [0, 0.05) is 12.6 Å². The summed E-state index contributed by atoms with van der Waals surface area (Å²) in [5.74, 6) is 0.448. The Morgan fingerprint density at radius 1 is 1.25 bits per heavy atom. The number of likely N-dealkylation sites (N-methyl/N-ethyl adjacent to an activating group) is 1. The number of benzene rings is 1. The standard InChI is InChI=1S/C18H21N3O2S/c1-10(16-11(2)20-23-13(16)4)18(22)21(5)12(3)17-19-14-8-6-7-9-15(14)24-17/h6-10,12H,1-5H3/t10-,12-/m0/s1. The van der Waals surface area contributed by atoms with Crippen LogP contribution in [0, 0.1) is 13.8 Å². The van der Waals surface area contributed by atoms with Gasteiger partial charge in [0.05, 0.1) is 27.9 Å². The summed E-state index contributed by atoms with van der Waals surface area (Å²) in [7, 11) is 1.83. The Balaban J connectivity index is 1.84. The second-order valence-electron chi connectivity index (χ2n) is 6.10. The van der Waals surface area contributed by atoms with Crippen LogP contribution >= 0.6 is 11.3 Å². The average Bonchev–Trinajstić information content (AvgIpc) is 3.15. The molecule has 6 heteroatoms. The first-order chi connectivity index (χ1) is 11.4. The van der Waals surface area contributed by atoms with Crippen molar-refractivity contribution in [1.29, 1.82) is 0 Å². The minimum absolute atomic E-state index is 0.0381. The molecule has 5 nitrogen and oxygen atoms in total. The summed E-state index contributed by atoms with van der Waals surface area (Å²) in [4.78, 5) is 19.3. The van der Waals surface area contributed by atoms with Gasteiger partial charge in [-0.2, -0.15) is 0 Å². The van der Waals surface area contributed by atoms with E-state index in [0.29, 0.717) is 5.76 Å². The number of aromatic nitrogens is 2. The van der Waals surface area contributed by atoms with Crippen molar-refractivity contribution >= 4 is 27.5 Å². The van der Waals surface area contributed by atoms with E-state index in [2.05, 4.69) is 16.2 Å². The molecular weight excluding hydrogens is 322 g/mol. The van der Waals surface area contributed by atoms with E-state index in [-0.39, 0.29) is 17.9 Å². The van der Waals surface area contributed by atoms with Crippen LogP contribution in [0.5, 0.6) is 0 Å². The summed E-state index contributed by atoms with van der Waals surface area (Å²) in [5, 5.41) is 4.90. The molecule has 2 aromatic heterocycles. The lowest BCUT2D eigenvalue weighted by molar-refractivity contribution is -0.133. The molecule has 3 aromatic rings. The maximum atomic E-state index is 12.9. The van der Waals surface area contributed by atoms with Crippen molar-refractivity contribution in [2.45, 2.75) is 39.7 Å². The summed E-state index contributed by atoms with van der Waals surface area (Å²) in [5.41, 5.74) is 2.63. The fourth-order valence-electron chi connectivity index (χ4n) is 2.96. The van der Waals surface area contributed by atoms with Crippen LogP contribution in [0.3, 0.4) is 0 Å². The Labute approximate surface area is 145 Å². The summed E-state index contributed by atoms with van der Waals surface area (Å²) in [6.07, 6.45) is 0. The lowest BCUT2D eigenvalue weighted by Gasteiger charge is -2.26. The number of carbonyl (C=O) groups is 1. The van der Waals surface area contributed by atoms with Gasteiger partial charge in [-0.15, -0.1) is 11.3 Å². The van der Waals surface area contributed by atoms with Gasteiger partial charge in [-0.3, -0.25) is 4.79 Å². The number of hydrogen-bond acceptors (Lipinski definition) is 5. The van der Waals surface area contributed by atoms with E-state index in [1.54, 1.807) is 16.2 Å². The van der Waals surface area contributed by atoms with E-state index in [1.807, 2.05) is 52.9 Å². The maximum Gasteiger partial charge on any atom is 0.230 e. The molecule has 0 radical (unpaired) electrons. The van der Waals surface area contributed by atoms with Gasteiger partial charge in [-0.05, 0) is 39.8 Å².